The molecule has 10 rings (SSSR count). The minimum absolute atomic E-state index is 0.252. The van der Waals surface area contributed by atoms with Crippen LogP contribution >= 0.6 is 11.3 Å². The zero-order valence-corrected chi connectivity index (χ0v) is 30.9. The van der Waals surface area contributed by atoms with Gasteiger partial charge in [0.25, 0.3) is 0 Å². The zero-order valence-electron chi connectivity index (χ0n) is 30.0. The third-order valence-electron chi connectivity index (χ3n) is 11.1. The Morgan fingerprint density at radius 2 is 1.04 bits per heavy atom. The van der Waals surface area contributed by atoms with Gasteiger partial charge < -0.3 is 9.80 Å². The second-order valence-electron chi connectivity index (χ2n) is 14.6. The van der Waals surface area contributed by atoms with Crippen molar-refractivity contribution in [3.63, 3.8) is 0 Å². The number of benzene rings is 8. The first-order valence-electron chi connectivity index (χ1n) is 18.4. The normalized spacial score (nSPS) is 13.0. The molecule has 0 radical (unpaired) electrons. The van der Waals surface area contributed by atoms with E-state index in [0.717, 1.165) is 22.7 Å². The van der Waals surface area contributed by atoms with Crippen molar-refractivity contribution in [1.82, 2.24) is 0 Å². The summed E-state index contributed by atoms with van der Waals surface area (Å²) in [5.74, 6) is 0. The lowest BCUT2D eigenvalue weighted by molar-refractivity contribution is 0.661. The third kappa shape index (κ3) is 4.99. The van der Waals surface area contributed by atoms with Crippen LogP contribution in [0.5, 0.6) is 0 Å². The van der Waals surface area contributed by atoms with Gasteiger partial charge in [0.1, 0.15) is 0 Å². The number of aryl methyl sites for hydroxylation is 1. The lowest BCUT2D eigenvalue weighted by Crippen LogP contribution is -2.18. The Labute approximate surface area is 314 Å². The Kier molecular flexibility index (Phi) is 7.28. The first kappa shape index (κ1) is 31.6. The largest absolute Gasteiger partial charge is 0.310 e. The van der Waals surface area contributed by atoms with Crippen molar-refractivity contribution in [2.75, 3.05) is 9.80 Å². The molecule has 0 saturated carbocycles. The van der Waals surface area contributed by atoms with E-state index in [-0.39, 0.29) is 5.41 Å². The molecule has 0 atom stereocenters. The molecule has 1 heterocycles. The molecule has 3 heteroatoms. The Morgan fingerprint density at radius 3 is 1.79 bits per heavy atom. The van der Waals surface area contributed by atoms with E-state index < -0.39 is 0 Å². The molecule has 254 valence electrons. The monoisotopic (exact) mass is 698 g/mol. The van der Waals surface area contributed by atoms with Gasteiger partial charge in [-0.05, 0) is 113 Å². The number of para-hydroxylation sites is 2. The number of thiophene rings is 1. The molecule has 0 aliphatic heterocycles. The molecule has 0 spiro atoms. The quantitative estimate of drug-likeness (QED) is 0.171. The second-order valence-corrected chi connectivity index (χ2v) is 15.7. The summed E-state index contributed by atoms with van der Waals surface area (Å²) in [6.45, 7) is 6.97. The van der Waals surface area contributed by atoms with E-state index in [9.17, 15) is 0 Å². The van der Waals surface area contributed by atoms with Gasteiger partial charge in [-0.1, -0.05) is 117 Å². The third-order valence-corrected chi connectivity index (χ3v) is 12.2. The van der Waals surface area contributed by atoms with E-state index >= 15 is 0 Å². The van der Waals surface area contributed by atoms with E-state index in [1.54, 1.807) is 0 Å². The first-order valence-corrected chi connectivity index (χ1v) is 19.2. The Balaban J connectivity index is 1.21. The molecule has 1 aliphatic rings. The molecule has 1 aromatic heterocycles. The van der Waals surface area contributed by atoms with Gasteiger partial charge >= 0.3 is 0 Å². The Morgan fingerprint density at radius 1 is 0.434 bits per heavy atom. The summed E-state index contributed by atoms with van der Waals surface area (Å²) < 4.78 is 2.61. The molecule has 0 fully saturated rings. The summed E-state index contributed by atoms with van der Waals surface area (Å²) in [6.07, 6.45) is 0. The fraction of sp³-hybridized carbons (Fsp3) is 0.0800. The zero-order chi connectivity index (χ0) is 35.7. The average Bonchev–Trinajstić information content (AvgIpc) is 3.68. The maximum Gasteiger partial charge on any atom is 0.0555 e. The summed E-state index contributed by atoms with van der Waals surface area (Å²) in [5.41, 5.74) is 13.3. The smallest absolute Gasteiger partial charge is 0.0555 e. The second kappa shape index (κ2) is 12.2. The number of anilines is 6. The van der Waals surface area contributed by atoms with Gasteiger partial charge in [0.05, 0.1) is 11.4 Å². The van der Waals surface area contributed by atoms with Crippen molar-refractivity contribution in [2.24, 2.45) is 0 Å². The molecule has 2 nitrogen and oxygen atoms in total. The number of hydrogen-bond donors (Lipinski definition) is 0. The van der Waals surface area contributed by atoms with Crippen LogP contribution in [0.3, 0.4) is 0 Å². The van der Waals surface area contributed by atoms with E-state index in [2.05, 4.69) is 206 Å². The minimum atomic E-state index is -0.252. The fourth-order valence-electron chi connectivity index (χ4n) is 8.59. The fourth-order valence-corrected chi connectivity index (χ4v) is 9.72. The van der Waals surface area contributed by atoms with Crippen LogP contribution in [0.25, 0.3) is 42.1 Å². The summed E-state index contributed by atoms with van der Waals surface area (Å²) in [5, 5.41) is 5.11. The minimum Gasteiger partial charge on any atom is -0.310 e. The van der Waals surface area contributed by atoms with Crippen molar-refractivity contribution < 1.29 is 0 Å². The van der Waals surface area contributed by atoms with Gasteiger partial charge in [0.15, 0.2) is 0 Å². The molecule has 0 N–H and O–H groups in total. The van der Waals surface area contributed by atoms with Crippen LogP contribution in [0, 0.1) is 6.92 Å². The maximum atomic E-state index is 2.50. The predicted octanol–water partition coefficient (Wildman–Crippen LogP) is 14.8. The molecular weight excluding hydrogens is 661 g/mol. The van der Waals surface area contributed by atoms with Crippen LogP contribution in [0.1, 0.15) is 30.5 Å². The summed E-state index contributed by atoms with van der Waals surface area (Å²) in [6, 6.07) is 64.6. The molecular formula is C50H38N2S. The topological polar surface area (TPSA) is 6.48 Å². The lowest BCUT2D eigenvalue weighted by Gasteiger charge is -2.30. The van der Waals surface area contributed by atoms with Gasteiger partial charge in [-0.15, -0.1) is 11.3 Å². The van der Waals surface area contributed by atoms with Crippen molar-refractivity contribution in [3.05, 3.63) is 193 Å². The molecule has 8 aromatic carbocycles. The standard InChI is InChI=1S/C50H38N2S/c1-33-16-14-21-36(30-33)51(34-17-6-4-7-18-34)37-28-29-40-42(31-37)50(2,3)43-32-45(38-22-10-11-23-39(38)48(40)43)52(35-19-8-5-9-20-35)44-25-15-27-47-49(44)41-24-12-13-26-46(41)53-47/h4-32H,1-3H3. The van der Waals surface area contributed by atoms with Crippen LogP contribution in [0.4, 0.5) is 34.1 Å². The van der Waals surface area contributed by atoms with Gasteiger partial charge in [0, 0.05) is 53.7 Å². The van der Waals surface area contributed by atoms with Gasteiger partial charge in [-0.2, -0.15) is 0 Å². The summed E-state index contributed by atoms with van der Waals surface area (Å²) in [4.78, 5) is 4.89. The first-order chi connectivity index (χ1) is 26.0. The predicted molar refractivity (Wildman–Crippen MR) is 229 cm³/mol. The van der Waals surface area contributed by atoms with E-state index in [1.165, 1.54) is 70.1 Å². The molecule has 0 amide bonds. The van der Waals surface area contributed by atoms with Gasteiger partial charge in [-0.3, -0.25) is 0 Å². The molecule has 0 bridgehead atoms. The van der Waals surface area contributed by atoms with Crippen LogP contribution in [0.15, 0.2) is 176 Å². The van der Waals surface area contributed by atoms with E-state index in [1.807, 2.05) is 11.3 Å². The number of nitrogens with zero attached hydrogens (tertiary/aromatic N) is 2. The molecule has 0 saturated heterocycles. The van der Waals surface area contributed by atoms with Crippen LogP contribution in [-0.4, -0.2) is 0 Å². The van der Waals surface area contributed by atoms with Crippen molar-refractivity contribution in [3.8, 4) is 11.1 Å². The van der Waals surface area contributed by atoms with Gasteiger partial charge in [-0.25, -0.2) is 0 Å². The lowest BCUT2D eigenvalue weighted by atomic mass is 9.81. The van der Waals surface area contributed by atoms with Gasteiger partial charge in [0.2, 0.25) is 0 Å². The number of hydrogen-bond acceptors (Lipinski definition) is 3. The van der Waals surface area contributed by atoms with Crippen LogP contribution in [0.2, 0.25) is 0 Å². The molecule has 0 unspecified atom stereocenters. The highest BCUT2D eigenvalue weighted by Gasteiger charge is 2.38. The highest BCUT2D eigenvalue weighted by atomic mass is 32.1. The summed E-state index contributed by atoms with van der Waals surface area (Å²) >= 11 is 1.87. The Bertz CT molecular complexity index is 2830. The van der Waals surface area contributed by atoms with E-state index in [4.69, 9.17) is 0 Å². The highest BCUT2D eigenvalue weighted by Crippen LogP contribution is 2.56. The number of fused-ring (bicyclic) bond motifs is 8. The van der Waals surface area contributed by atoms with Crippen molar-refractivity contribution >= 4 is 76.4 Å². The average molecular weight is 699 g/mol. The molecule has 9 aromatic rings. The highest BCUT2D eigenvalue weighted by molar-refractivity contribution is 7.26. The molecule has 53 heavy (non-hydrogen) atoms. The Hall–Kier alpha value is -6.16. The van der Waals surface area contributed by atoms with Crippen molar-refractivity contribution in [2.45, 2.75) is 26.2 Å². The summed E-state index contributed by atoms with van der Waals surface area (Å²) in [7, 11) is 0. The molecule has 1 aliphatic carbocycles. The van der Waals surface area contributed by atoms with Crippen molar-refractivity contribution in [1.29, 1.82) is 0 Å². The number of rotatable bonds is 6. The van der Waals surface area contributed by atoms with E-state index in [0.29, 0.717) is 0 Å². The van der Waals surface area contributed by atoms with Crippen LogP contribution < -0.4 is 9.80 Å². The SMILES string of the molecule is Cc1cccc(N(c2ccccc2)c2ccc3c(c2)C(C)(C)c2cc(N(c4ccccc4)c4cccc5sc6ccccc6c45)c4ccccc4c2-3)c1. The van der Waals surface area contributed by atoms with Crippen LogP contribution in [-0.2, 0) is 5.41 Å². The maximum absolute atomic E-state index is 2.50.